The molecule has 260 valence electrons. The van der Waals surface area contributed by atoms with Crippen molar-refractivity contribution in [3.05, 3.63) is 39.7 Å². The van der Waals surface area contributed by atoms with Gasteiger partial charge < -0.3 is 31.3 Å². The minimum Gasteiger partial charge on any atom is -0.491 e. The van der Waals surface area contributed by atoms with Gasteiger partial charge in [-0.15, -0.1) is 0 Å². The quantitative estimate of drug-likeness (QED) is 0.0769. The van der Waals surface area contributed by atoms with Crippen molar-refractivity contribution in [2.45, 2.75) is 157 Å². The average molecular weight is 642 g/mol. The van der Waals surface area contributed by atoms with Crippen LogP contribution in [0.2, 0.25) is 0 Å². The first-order valence-electron chi connectivity index (χ1n) is 17.8. The third-order valence-corrected chi connectivity index (χ3v) is 9.71. The lowest BCUT2D eigenvalue weighted by Gasteiger charge is -2.49. The number of nitrogen functional groups attached to an aromatic ring is 2. The SMILES string of the molecule is CCCCCCCCCCCCCCCc1c(N)cc(N)c(OCC)c1C1(C(C)C)C(C(=O)O)=C(C)N(C(C)C)C(C)=C1C(=O)O. The Morgan fingerprint density at radius 1 is 0.761 bits per heavy atom. The molecule has 1 heterocycles. The molecule has 0 fully saturated rings. The molecule has 0 spiro atoms. The fourth-order valence-electron chi connectivity index (χ4n) is 7.78. The van der Waals surface area contributed by atoms with Gasteiger partial charge in [-0.25, -0.2) is 9.59 Å². The zero-order chi connectivity index (χ0) is 34.6. The van der Waals surface area contributed by atoms with Crippen molar-refractivity contribution in [1.82, 2.24) is 4.90 Å². The summed E-state index contributed by atoms with van der Waals surface area (Å²) in [6, 6.07) is 1.52. The topological polar surface area (TPSA) is 139 Å². The molecule has 0 aliphatic carbocycles. The second-order valence-electron chi connectivity index (χ2n) is 13.6. The molecule has 1 aromatic rings. The van der Waals surface area contributed by atoms with Crippen LogP contribution in [0.3, 0.4) is 0 Å². The number of anilines is 2. The molecule has 0 atom stereocenters. The first-order valence-corrected chi connectivity index (χ1v) is 17.8. The van der Waals surface area contributed by atoms with Crippen LogP contribution in [0.25, 0.3) is 0 Å². The van der Waals surface area contributed by atoms with Crippen molar-refractivity contribution in [3.8, 4) is 5.75 Å². The van der Waals surface area contributed by atoms with E-state index < -0.39 is 23.3 Å². The van der Waals surface area contributed by atoms with E-state index in [4.69, 9.17) is 16.2 Å². The minimum absolute atomic E-state index is 0.0248. The molecule has 46 heavy (non-hydrogen) atoms. The molecule has 1 aliphatic rings. The first-order chi connectivity index (χ1) is 21.8. The van der Waals surface area contributed by atoms with E-state index in [0.29, 0.717) is 34.8 Å². The zero-order valence-electron chi connectivity index (χ0n) is 30.1. The van der Waals surface area contributed by atoms with Crippen molar-refractivity contribution in [1.29, 1.82) is 0 Å². The van der Waals surface area contributed by atoms with Gasteiger partial charge in [0.05, 0.1) is 28.9 Å². The maximum absolute atomic E-state index is 13.3. The van der Waals surface area contributed by atoms with Gasteiger partial charge in [0.25, 0.3) is 0 Å². The number of carboxylic acids is 2. The number of benzene rings is 1. The summed E-state index contributed by atoms with van der Waals surface area (Å²) in [5.41, 5.74) is 14.7. The van der Waals surface area contributed by atoms with Crippen LogP contribution in [0, 0.1) is 5.92 Å². The molecule has 1 aliphatic heterocycles. The van der Waals surface area contributed by atoms with Crippen LogP contribution in [0.1, 0.15) is 150 Å². The Balaban J connectivity index is 2.52. The van der Waals surface area contributed by atoms with E-state index in [1.54, 1.807) is 19.9 Å². The Bertz CT molecular complexity index is 1210. The van der Waals surface area contributed by atoms with Gasteiger partial charge in [0.15, 0.2) is 0 Å². The Kier molecular flexibility index (Phi) is 15.5. The molecule has 0 bridgehead atoms. The molecule has 0 saturated heterocycles. The molecule has 0 saturated carbocycles. The van der Waals surface area contributed by atoms with Gasteiger partial charge in [0, 0.05) is 28.7 Å². The lowest BCUT2D eigenvalue weighted by Crippen LogP contribution is -2.50. The van der Waals surface area contributed by atoms with Crippen LogP contribution in [0.15, 0.2) is 28.6 Å². The van der Waals surface area contributed by atoms with Crippen LogP contribution in [-0.4, -0.2) is 39.7 Å². The zero-order valence-corrected chi connectivity index (χ0v) is 30.1. The van der Waals surface area contributed by atoms with Gasteiger partial charge in [-0.1, -0.05) is 97.8 Å². The Hall–Kier alpha value is -3.16. The number of carboxylic acid groups (broad SMARTS) is 2. The molecule has 8 heteroatoms. The summed E-state index contributed by atoms with van der Waals surface area (Å²) >= 11 is 0. The Morgan fingerprint density at radius 3 is 1.57 bits per heavy atom. The number of hydrogen-bond donors (Lipinski definition) is 4. The normalized spacial score (nSPS) is 15.0. The molecular formula is C38H63N3O5. The first kappa shape index (κ1) is 39.0. The lowest BCUT2D eigenvalue weighted by molar-refractivity contribution is -0.135. The average Bonchev–Trinajstić information content (AvgIpc) is 2.96. The van der Waals surface area contributed by atoms with E-state index in [0.717, 1.165) is 24.8 Å². The monoisotopic (exact) mass is 641 g/mol. The van der Waals surface area contributed by atoms with E-state index in [-0.39, 0.29) is 29.5 Å². The molecular weight excluding hydrogens is 578 g/mol. The predicted molar refractivity (Wildman–Crippen MR) is 190 cm³/mol. The van der Waals surface area contributed by atoms with Crippen molar-refractivity contribution in [3.63, 3.8) is 0 Å². The Labute approximate surface area is 278 Å². The van der Waals surface area contributed by atoms with E-state index in [9.17, 15) is 19.8 Å². The van der Waals surface area contributed by atoms with Crippen molar-refractivity contribution in [2.24, 2.45) is 5.92 Å². The smallest absolute Gasteiger partial charge is 0.334 e. The van der Waals surface area contributed by atoms with Crippen LogP contribution in [0.4, 0.5) is 11.4 Å². The number of allylic oxidation sites excluding steroid dienone is 2. The maximum atomic E-state index is 13.3. The summed E-state index contributed by atoms with van der Waals surface area (Å²) in [6.07, 6.45) is 16.5. The highest BCUT2D eigenvalue weighted by molar-refractivity contribution is 6.02. The van der Waals surface area contributed by atoms with Crippen LogP contribution in [0.5, 0.6) is 5.75 Å². The van der Waals surface area contributed by atoms with Gasteiger partial charge in [-0.2, -0.15) is 0 Å². The summed E-state index contributed by atoms with van der Waals surface area (Å²) in [5.74, 6) is -2.49. The van der Waals surface area contributed by atoms with Gasteiger partial charge in [-0.3, -0.25) is 0 Å². The van der Waals surface area contributed by atoms with E-state index in [1.165, 1.54) is 64.2 Å². The summed E-state index contributed by atoms with van der Waals surface area (Å²) in [5, 5.41) is 21.8. The molecule has 8 nitrogen and oxygen atoms in total. The van der Waals surface area contributed by atoms with Crippen LogP contribution in [-0.2, 0) is 21.4 Å². The van der Waals surface area contributed by atoms with Gasteiger partial charge in [0.1, 0.15) is 5.75 Å². The number of nitrogens with two attached hydrogens (primary N) is 2. The van der Waals surface area contributed by atoms with E-state index >= 15 is 0 Å². The molecule has 0 aromatic heterocycles. The Morgan fingerprint density at radius 2 is 1.20 bits per heavy atom. The third-order valence-electron chi connectivity index (χ3n) is 9.71. The number of unbranched alkanes of at least 4 members (excludes halogenated alkanes) is 12. The number of aliphatic carboxylic acids is 2. The number of nitrogens with zero attached hydrogens (tertiary/aromatic N) is 1. The van der Waals surface area contributed by atoms with Gasteiger partial charge >= 0.3 is 11.9 Å². The fraction of sp³-hybridized carbons (Fsp3) is 0.684. The number of rotatable bonds is 21. The second-order valence-corrected chi connectivity index (χ2v) is 13.6. The molecule has 6 N–H and O–H groups in total. The highest BCUT2D eigenvalue weighted by Crippen LogP contribution is 2.57. The molecule has 0 amide bonds. The third kappa shape index (κ3) is 8.60. The summed E-state index contributed by atoms with van der Waals surface area (Å²) in [7, 11) is 0. The number of carbonyl (C=O) groups is 2. The maximum Gasteiger partial charge on any atom is 0.334 e. The predicted octanol–water partition coefficient (Wildman–Crippen LogP) is 9.22. The second kappa shape index (κ2) is 18.2. The van der Waals surface area contributed by atoms with Crippen LogP contribution < -0.4 is 16.2 Å². The molecule has 2 rings (SSSR count). The fourth-order valence-corrected chi connectivity index (χ4v) is 7.78. The largest absolute Gasteiger partial charge is 0.491 e. The highest BCUT2D eigenvalue weighted by Gasteiger charge is 2.56. The van der Waals surface area contributed by atoms with Crippen molar-refractivity contribution in [2.75, 3.05) is 18.1 Å². The minimum atomic E-state index is -1.56. The lowest BCUT2D eigenvalue weighted by atomic mass is 9.57. The molecule has 1 aromatic carbocycles. The standard InChI is InChI=1S/C38H63N3O5/c1-9-11-12-13-14-15-16-17-18-19-20-21-22-23-29-30(39)24-31(40)35(46-10-2)34(29)38(25(3)4)32(36(42)43)27(7)41(26(5)6)28(8)33(38)37(44)45/h24-26H,9-23,39-40H2,1-8H3,(H,42,43)(H,44,45). The number of ether oxygens (including phenoxy) is 1. The van der Waals surface area contributed by atoms with E-state index in [2.05, 4.69) is 6.92 Å². The summed E-state index contributed by atoms with van der Waals surface area (Å²) < 4.78 is 6.19. The summed E-state index contributed by atoms with van der Waals surface area (Å²) in [6.45, 7) is 15.5. The van der Waals surface area contributed by atoms with Crippen molar-refractivity contribution < 1.29 is 24.5 Å². The van der Waals surface area contributed by atoms with Crippen molar-refractivity contribution >= 4 is 23.3 Å². The van der Waals surface area contributed by atoms with E-state index in [1.807, 2.05) is 39.5 Å². The molecule has 0 unspecified atom stereocenters. The van der Waals surface area contributed by atoms with Gasteiger partial charge in [0.2, 0.25) is 0 Å². The highest BCUT2D eigenvalue weighted by atomic mass is 16.5. The summed E-state index contributed by atoms with van der Waals surface area (Å²) in [4.78, 5) is 28.5. The number of hydrogen-bond acceptors (Lipinski definition) is 6. The van der Waals surface area contributed by atoms with Crippen LogP contribution >= 0.6 is 0 Å². The van der Waals surface area contributed by atoms with Gasteiger partial charge in [-0.05, 0) is 65.0 Å². The molecule has 0 radical (unpaired) electrons.